The van der Waals surface area contributed by atoms with Crippen LogP contribution < -0.4 is 5.32 Å². The minimum Gasteiger partial charge on any atom is -0.395 e. The van der Waals surface area contributed by atoms with Gasteiger partial charge in [0, 0.05) is 37.5 Å². The molecule has 0 radical (unpaired) electrons. The number of aliphatic hydroxyl groups excluding tert-OH is 1. The van der Waals surface area contributed by atoms with Crippen molar-refractivity contribution < 1.29 is 14.6 Å². The molecule has 0 aromatic carbocycles. The van der Waals surface area contributed by atoms with E-state index in [1.54, 1.807) is 12.3 Å². The molecule has 1 aromatic heterocycles. The highest BCUT2D eigenvalue weighted by Gasteiger charge is 2.05. The average Bonchev–Trinajstić information content (AvgIpc) is 2.51. The van der Waals surface area contributed by atoms with Crippen molar-refractivity contribution in [3.05, 3.63) is 29.6 Å². The van der Waals surface area contributed by atoms with Crippen LogP contribution in [0.25, 0.3) is 0 Å². The number of rotatable bonds is 8. The number of amides is 1. The molecule has 0 saturated heterocycles. The first-order chi connectivity index (χ1) is 10.3. The molecule has 0 bridgehead atoms. The van der Waals surface area contributed by atoms with Crippen LogP contribution in [0.4, 0.5) is 0 Å². The Morgan fingerprint density at radius 2 is 2.29 bits per heavy atom. The third kappa shape index (κ3) is 7.45. The number of ether oxygens (including phenoxy) is 1. The summed E-state index contributed by atoms with van der Waals surface area (Å²) in [6, 6.07) is 1.69. The van der Waals surface area contributed by atoms with E-state index < -0.39 is 0 Å². The van der Waals surface area contributed by atoms with Crippen LogP contribution in [0.15, 0.2) is 18.5 Å². The first-order valence-electron chi connectivity index (χ1n) is 7.18. The summed E-state index contributed by atoms with van der Waals surface area (Å²) >= 11 is 0. The van der Waals surface area contributed by atoms with Crippen LogP contribution in [-0.4, -0.2) is 42.4 Å². The average molecular weight is 290 g/mol. The van der Waals surface area contributed by atoms with Crippen molar-refractivity contribution >= 4 is 5.91 Å². The Morgan fingerprint density at radius 1 is 1.43 bits per heavy atom. The van der Waals surface area contributed by atoms with E-state index in [-0.39, 0.29) is 12.5 Å². The van der Waals surface area contributed by atoms with Gasteiger partial charge in [0.2, 0.25) is 0 Å². The molecular formula is C16H22N2O3. The van der Waals surface area contributed by atoms with Gasteiger partial charge in [-0.3, -0.25) is 9.78 Å². The van der Waals surface area contributed by atoms with Crippen LogP contribution in [0.1, 0.15) is 42.1 Å². The van der Waals surface area contributed by atoms with Gasteiger partial charge in [-0.2, -0.15) is 0 Å². The second-order valence-corrected chi connectivity index (χ2v) is 4.46. The number of unbranched alkanes of at least 4 members (excludes halogenated alkanes) is 1. The molecule has 5 heteroatoms. The molecular weight excluding hydrogens is 268 g/mol. The number of carbonyl (C=O) groups excluding carboxylic acids is 1. The molecule has 1 amide bonds. The summed E-state index contributed by atoms with van der Waals surface area (Å²) in [4.78, 5) is 15.9. The minimum absolute atomic E-state index is 0.0264. The highest BCUT2D eigenvalue weighted by molar-refractivity contribution is 5.94. The van der Waals surface area contributed by atoms with Crippen LogP contribution >= 0.6 is 0 Å². The van der Waals surface area contributed by atoms with E-state index in [2.05, 4.69) is 29.1 Å². The van der Waals surface area contributed by atoms with Gasteiger partial charge >= 0.3 is 0 Å². The van der Waals surface area contributed by atoms with Gasteiger partial charge in [-0.1, -0.05) is 25.2 Å². The molecule has 0 atom stereocenters. The van der Waals surface area contributed by atoms with E-state index in [9.17, 15) is 4.79 Å². The van der Waals surface area contributed by atoms with Crippen LogP contribution in [0.5, 0.6) is 0 Å². The molecule has 2 N–H and O–H groups in total. The van der Waals surface area contributed by atoms with Crippen LogP contribution in [0.3, 0.4) is 0 Å². The molecule has 0 aliphatic heterocycles. The topological polar surface area (TPSA) is 71.5 Å². The highest BCUT2D eigenvalue weighted by atomic mass is 16.5. The van der Waals surface area contributed by atoms with Gasteiger partial charge in [0.1, 0.15) is 0 Å². The zero-order chi connectivity index (χ0) is 15.3. The van der Waals surface area contributed by atoms with E-state index in [0.717, 1.165) is 19.4 Å². The van der Waals surface area contributed by atoms with Crippen molar-refractivity contribution in [2.45, 2.75) is 26.2 Å². The number of nitrogens with one attached hydrogen (secondary N) is 1. The Hall–Kier alpha value is -1.90. The van der Waals surface area contributed by atoms with Gasteiger partial charge in [-0.15, -0.1) is 0 Å². The van der Waals surface area contributed by atoms with Gasteiger partial charge in [0.05, 0.1) is 18.8 Å². The number of hydrogen-bond donors (Lipinski definition) is 2. The van der Waals surface area contributed by atoms with E-state index in [0.29, 0.717) is 30.7 Å². The van der Waals surface area contributed by atoms with Crippen molar-refractivity contribution in [2.75, 3.05) is 26.4 Å². The third-order valence-corrected chi connectivity index (χ3v) is 2.64. The molecule has 0 fully saturated rings. The van der Waals surface area contributed by atoms with Gasteiger partial charge in [-0.05, 0) is 12.5 Å². The van der Waals surface area contributed by atoms with Crippen molar-refractivity contribution in [3.63, 3.8) is 0 Å². The fourth-order valence-corrected chi connectivity index (χ4v) is 1.54. The number of aliphatic hydroxyl groups is 1. The van der Waals surface area contributed by atoms with Crippen LogP contribution in [0, 0.1) is 11.8 Å². The maximum Gasteiger partial charge on any atom is 0.252 e. The molecule has 0 saturated carbocycles. The maximum absolute atomic E-state index is 11.9. The largest absolute Gasteiger partial charge is 0.395 e. The quantitative estimate of drug-likeness (QED) is 0.560. The molecule has 1 aromatic rings. The summed E-state index contributed by atoms with van der Waals surface area (Å²) in [7, 11) is 0. The Kier molecular flexibility index (Phi) is 8.85. The molecule has 0 unspecified atom stereocenters. The second-order valence-electron chi connectivity index (χ2n) is 4.46. The predicted molar refractivity (Wildman–Crippen MR) is 80.9 cm³/mol. The molecule has 1 heterocycles. The SMILES string of the molecule is CCCCOCCNC(=O)c1cncc(C#CCCO)c1. The monoisotopic (exact) mass is 290 g/mol. The number of pyridine rings is 1. The summed E-state index contributed by atoms with van der Waals surface area (Å²) in [6.45, 7) is 3.84. The Morgan fingerprint density at radius 3 is 3.05 bits per heavy atom. The number of hydrogen-bond acceptors (Lipinski definition) is 4. The van der Waals surface area contributed by atoms with E-state index in [1.807, 2.05) is 0 Å². The fraction of sp³-hybridized carbons (Fsp3) is 0.500. The summed E-state index contributed by atoms with van der Waals surface area (Å²) in [5, 5.41) is 11.4. The lowest BCUT2D eigenvalue weighted by Gasteiger charge is -2.06. The van der Waals surface area contributed by atoms with E-state index >= 15 is 0 Å². The minimum atomic E-state index is -0.188. The van der Waals surface area contributed by atoms with Crippen LogP contribution in [0.2, 0.25) is 0 Å². The van der Waals surface area contributed by atoms with E-state index in [4.69, 9.17) is 9.84 Å². The predicted octanol–water partition coefficient (Wildman–Crippen LogP) is 1.36. The van der Waals surface area contributed by atoms with Gasteiger partial charge in [-0.25, -0.2) is 0 Å². The third-order valence-electron chi connectivity index (χ3n) is 2.64. The van der Waals surface area contributed by atoms with Gasteiger partial charge in [0.15, 0.2) is 0 Å². The summed E-state index contributed by atoms with van der Waals surface area (Å²) < 4.78 is 5.37. The Balaban J connectivity index is 2.40. The van der Waals surface area contributed by atoms with E-state index in [1.165, 1.54) is 6.20 Å². The van der Waals surface area contributed by atoms with Crippen LogP contribution in [-0.2, 0) is 4.74 Å². The summed E-state index contributed by atoms with van der Waals surface area (Å²) in [5.41, 5.74) is 1.13. The standard InChI is InChI=1S/C16H22N2O3/c1-2-3-9-21-10-7-18-16(20)15-11-14(12-17-13-15)6-4-5-8-19/h11-13,19H,2-3,5,7-10H2,1H3,(H,18,20). The molecule has 0 aliphatic carbocycles. The van der Waals surface area contributed by atoms with Gasteiger partial charge < -0.3 is 15.2 Å². The molecule has 5 nitrogen and oxygen atoms in total. The second kappa shape index (κ2) is 10.8. The molecule has 1 rings (SSSR count). The highest BCUT2D eigenvalue weighted by Crippen LogP contribution is 2.01. The number of nitrogens with zero attached hydrogens (tertiary/aromatic N) is 1. The Bertz CT molecular complexity index is 492. The van der Waals surface area contributed by atoms with Gasteiger partial charge in [0.25, 0.3) is 5.91 Å². The molecule has 0 spiro atoms. The smallest absolute Gasteiger partial charge is 0.252 e. The van der Waals surface area contributed by atoms with Crippen molar-refractivity contribution in [3.8, 4) is 11.8 Å². The lowest BCUT2D eigenvalue weighted by atomic mass is 10.2. The zero-order valence-corrected chi connectivity index (χ0v) is 12.4. The maximum atomic E-state index is 11.9. The van der Waals surface area contributed by atoms with Crippen molar-refractivity contribution in [1.82, 2.24) is 10.3 Å². The fourth-order valence-electron chi connectivity index (χ4n) is 1.54. The number of carbonyl (C=O) groups is 1. The molecule has 0 aliphatic rings. The molecule has 114 valence electrons. The van der Waals surface area contributed by atoms with Crippen molar-refractivity contribution in [1.29, 1.82) is 0 Å². The summed E-state index contributed by atoms with van der Waals surface area (Å²) in [5.74, 6) is 5.46. The Labute approximate surface area is 125 Å². The first-order valence-corrected chi connectivity index (χ1v) is 7.18. The first kappa shape index (κ1) is 17.2. The zero-order valence-electron chi connectivity index (χ0n) is 12.4. The lowest BCUT2D eigenvalue weighted by molar-refractivity contribution is 0.0912. The number of aromatic nitrogens is 1. The molecule has 21 heavy (non-hydrogen) atoms. The van der Waals surface area contributed by atoms with Crippen molar-refractivity contribution in [2.24, 2.45) is 0 Å². The summed E-state index contributed by atoms with van der Waals surface area (Å²) in [6.07, 6.45) is 5.64. The normalized spacial score (nSPS) is 9.81. The lowest BCUT2D eigenvalue weighted by Crippen LogP contribution is -2.27.